The smallest absolute Gasteiger partial charge is 0.147 e. The second-order valence-electron chi connectivity index (χ2n) is 22.9. The van der Waals surface area contributed by atoms with Gasteiger partial charge in [-0.25, -0.2) is 0 Å². The number of rotatable bonds is 16. The number of hydrogen-bond acceptors (Lipinski definition) is 0. The van der Waals surface area contributed by atoms with Crippen molar-refractivity contribution in [3.8, 4) is 44.5 Å². The number of fused-ring (bicyclic) bond motifs is 6. The first-order chi connectivity index (χ1) is 36.2. The van der Waals surface area contributed by atoms with E-state index in [0.717, 1.165) is 12.8 Å². The minimum absolute atomic E-state index is 0. The second-order valence-corrected chi connectivity index (χ2v) is 53.4. The molecule has 2 atom stereocenters. The topological polar surface area (TPSA) is 0 Å². The van der Waals surface area contributed by atoms with Crippen molar-refractivity contribution in [3.05, 3.63) is 228 Å². The molecule has 0 N–H and O–H groups in total. The molecule has 0 aliphatic heterocycles. The van der Waals surface area contributed by atoms with Crippen LogP contribution in [-0.2, 0) is 17.4 Å². The minimum atomic E-state index is -4.47. The number of benzene rings is 10. The van der Waals surface area contributed by atoms with E-state index in [1.165, 1.54) is 150 Å². The quantitative estimate of drug-likeness (QED) is 0.0668. The Balaban J connectivity index is 0.00000328. The Labute approximate surface area is 467 Å². The van der Waals surface area contributed by atoms with Crippen LogP contribution in [0, 0.1) is 0 Å². The Morgan fingerprint density at radius 3 is 0.947 bits per heavy atom. The third kappa shape index (κ3) is 9.55. The monoisotopic (exact) mass is 1120 g/mol. The summed E-state index contributed by atoms with van der Waals surface area (Å²) in [4.78, 5) is 0. The fraction of sp³-hybridized carbons (Fsp3) is 0.222. The van der Waals surface area contributed by atoms with Gasteiger partial charge in [0.05, 0.1) is 0 Å². The molecule has 2 aliphatic rings. The van der Waals surface area contributed by atoms with Gasteiger partial charge >= 0.3 is 446 Å². The van der Waals surface area contributed by atoms with E-state index in [1.807, 2.05) is 0 Å². The van der Waals surface area contributed by atoms with E-state index in [-0.39, 0.29) is 24.8 Å². The molecule has 0 bridgehead atoms. The maximum atomic E-state index is 2.92. The van der Waals surface area contributed by atoms with Crippen molar-refractivity contribution in [2.75, 3.05) is 0 Å². The number of allylic oxidation sites excluding steroid dienone is 2. The molecule has 2 aliphatic carbocycles. The molecule has 76 heavy (non-hydrogen) atoms. The Kier molecular flexibility index (Phi) is 15.9. The van der Waals surface area contributed by atoms with Gasteiger partial charge in [-0.15, -0.1) is 24.8 Å². The average Bonchev–Trinajstić information content (AvgIpc) is 4.13. The molecule has 10 aromatic rings. The van der Waals surface area contributed by atoms with Gasteiger partial charge in [0.1, 0.15) is 0 Å². The van der Waals surface area contributed by atoms with Gasteiger partial charge in [0.25, 0.3) is 0 Å². The SMILES string of the molecule is CCCCCCC1=Cc2c(-c3cccc4ccccc34)ccc(-c3cccc4ccccc34)c2[CH]1[Zr]([CH3])([CH3])(=[SiH2])[CH]1C(CCCCCC)=Cc2c(-c3cccc4ccccc34)ccc(-c3cccc4ccccc34)c21.Cl.Cl. The van der Waals surface area contributed by atoms with Crippen LogP contribution in [0.1, 0.15) is 108 Å². The number of unbranched alkanes of at least 4 members (excludes halogenated alkanes) is 6. The van der Waals surface area contributed by atoms with Gasteiger partial charge < -0.3 is 0 Å². The summed E-state index contributed by atoms with van der Waals surface area (Å²) in [6, 6.07) is 74.4. The van der Waals surface area contributed by atoms with Crippen LogP contribution in [0.3, 0.4) is 0 Å². The molecule has 4 heteroatoms. The molecule has 0 aromatic heterocycles. The van der Waals surface area contributed by atoms with E-state index in [0.29, 0.717) is 7.25 Å². The Morgan fingerprint density at radius 2 is 0.618 bits per heavy atom. The number of hydrogen-bond donors (Lipinski definition) is 0. The van der Waals surface area contributed by atoms with Crippen LogP contribution in [0.15, 0.2) is 205 Å². The summed E-state index contributed by atoms with van der Waals surface area (Å²) in [7, 11) is 0. The average molecular weight is 1130 g/mol. The summed E-state index contributed by atoms with van der Waals surface area (Å²) in [5.41, 5.74) is 20.5. The van der Waals surface area contributed by atoms with Crippen LogP contribution < -0.4 is 0 Å². The molecular formula is C72H72Cl2SiZr. The predicted octanol–water partition coefficient (Wildman–Crippen LogP) is 21.7. The summed E-state index contributed by atoms with van der Waals surface area (Å²) in [5, 5.41) is 10.5. The van der Waals surface area contributed by atoms with E-state index < -0.39 is 17.4 Å². The molecule has 0 amide bonds. The summed E-state index contributed by atoms with van der Waals surface area (Å²) in [6.07, 6.45) is 17.8. The Bertz CT molecular complexity index is 3670. The molecule has 12 rings (SSSR count). The molecule has 0 spiro atoms. The van der Waals surface area contributed by atoms with Crippen molar-refractivity contribution in [3.63, 3.8) is 0 Å². The van der Waals surface area contributed by atoms with Crippen LogP contribution in [0.2, 0.25) is 9.26 Å². The van der Waals surface area contributed by atoms with Crippen molar-refractivity contribution in [2.45, 2.75) is 94.6 Å². The molecule has 10 aromatic carbocycles. The van der Waals surface area contributed by atoms with Crippen molar-refractivity contribution in [1.29, 1.82) is 0 Å². The zero-order valence-corrected chi connectivity index (χ0v) is 50.4. The Hall–Kier alpha value is -5.60. The van der Waals surface area contributed by atoms with Gasteiger partial charge in [-0.3, -0.25) is 0 Å². The fourth-order valence-electron chi connectivity index (χ4n) is 14.2. The Morgan fingerprint density at radius 1 is 0.329 bits per heavy atom. The first-order valence-corrected chi connectivity index (χ1v) is 41.6. The first-order valence-electron chi connectivity index (χ1n) is 28.0. The summed E-state index contributed by atoms with van der Waals surface area (Å²) in [5.74, 6) is 0. The summed E-state index contributed by atoms with van der Waals surface area (Å²) in [6.45, 7) is 7.27. The van der Waals surface area contributed by atoms with E-state index >= 15 is 0 Å². The van der Waals surface area contributed by atoms with Gasteiger partial charge in [0.15, 0.2) is 0 Å². The fourth-order valence-corrected chi connectivity index (χ4v) is 33.8. The van der Waals surface area contributed by atoms with Crippen LogP contribution in [0.25, 0.3) is 99.7 Å². The maximum Gasteiger partial charge on any atom is -0.147 e. The molecule has 0 saturated heterocycles. The predicted molar refractivity (Wildman–Crippen MR) is 338 cm³/mol. The molecule has 0 heterocycles. The molecular weight excluding hydrogens is 1060 g/mol. The van der Waals surface area contributed by atoms with Crippen LogP contribution in [0.4, 0.5) is 0 Å². The standard InChI is InChI=1S/2C35H31.2CH3.2ClH.H2Si.Zr/c2*1-2-3-4-5-12-25-23-34-32(30-19-10-15-26-13-6-8-17-28(26)30)21-22-33(35(34)24-25)31-20-11-16-27-14-7-9-18-29(27)31;;;;;;/h2*6-11,13-24H,2-5,12H2,1H3;2*1H3;2*1H;1H2;. The van der Waals surface area contributed by atoms with E-state index in [9.17, 15) is 0 Å². The van der Waals surface area contributed by atoms with Gasteiger partial charge in [-0.05, 0) is 0 Å². The number of halogens is 2. The second kappa shape index (κ2) is 22.4. The molecule has 382 valence electrons. The van der Waals surface area contributed by atoms with Crippen LogP contribution in [0.5, 0.6) is 0 Å². The van der Waals surface area contributed by atoms with Crippen molar-refractivity contribution in [2.24, 2.45) is 0 Å². The first kappa shape index (κ1) is 53.8. The molecule has 0 nitrogen and oxygen atoms in total. The van der Waals surface area contributed by atoms with Gasteiger partial charge in [-0.1, -0.05) is 0 Å². The normalized spacial score (nSPS) is 15.1. The van der Waals surface area contributed by atoms with Gasteiger partial charge in [0, 0.05) is 0 Å². The minimum Gasteiger partial charge on any atom is -0.147 e. The molecule has 0 fully saturated rings. The van der Waals surface area contributed by atoms with Crippen molar-refractivity contribution in [1.82, 2.24) is 0 Å². The molecule has 2 unspecified atom stereocenters. The van der Waals surface area contributed by atoms with Crippen molar-refractivity contribution < 1.29 is 17.4 Å². The molecule has 0 saturated carbocycles. The summed E-state index contributed by atoms with van der Waals surface area (Å²) < 4.78 is 6.50. The maximum absolute atomic E-state index is 4.47. The van der Waals surface area contributed by atoms with Crippen molar-refractivity contribution >= 4 is 86.9 Å². The van der Waals surface area contributed by atoms with Gasteiger partial charge in [0.2, 0.25) is 0 Å². The zero-order valence-electron chi connectivity index (χ0n) is 44.9. The zero-order chi connectivity index (χ0) is 50.4. The third-order valence-corrected chi connectivity index (χ3v) is 34.8. The largest absolute Gasteiger partial charge is 0.147 e. The third-order valence-electron chi connectivity index (χ3n) is 17.4. The van der Waals surface area contributed by atoms with E-state index in [1.54, 1.807) is 22.3 Å². The van der Waals surface area contributed by atoms with Crippen LogP contribution in [-0.4, -0.2) is 6.88 Å². The van der Waals surface area contributed by atoms with Crippen LogP contribution >= 0.6 is 24.8 Å². The van der Waals surface area contributed by atoms with E-state index in [2.05, 4.69) is 236 Å². The summed E-state index contributed by atoms with van der Waals surface area (Å²) >= 11 is -4.47. The molecule has 0 radical (unpaired) electrons. The van der Waals surface area contributed by atoms with Gasteiger partial charge in [-0.2, -0.15) is 0 Å². The van der Waals surface area contributed by atoms with E-state index in [4.69, 9.17) is 0 Å².